The average Bonchev–Trinajstić information content (AvgIpc) is 3.28. The molecule has 0 bridgehead atoms. The fourth-order valence-corrected chi connectivity index (χ4v) is 2.94. The number of furan rings is 1. The van der Waals surface area contributed by atoms with Gasteiger partial charge in [0, 0.05) is 22.0 Å². The van der Waals surface area contributed by atoms with Crippen molar-refractivity contribution < 1.29 is 18.8 Å². The largest absolute Gasteiger partial charge is 0.459 e. The van der Waals surface area contributed by atoms with Crippen LogP contribution in [0.3, 0.4) is 0 Å². The molecule has 3 aromatic rings. The Balaban J connectivity index is 1.61. The second kappa shape index (κ2) is 9.95. The molecule has 0 unspecified atom stereocenters. The van der Waals surface area contributed by atoms with E-state index in [9.17, 15) is 14.4 Å². The molecule has 31 heavy (non-hydrogen) atoms. The van der Waals surface area contributed by atoms with Gasteiger partial charge in [-0.05, 0) is 66.6 Å². The number of carbonyl (C=O) groups is 3. The molecule has 1 heterocycles. The highest BCUT2D eigenvalue weighted by molar-refractivity contribution is 6.30. The van der Waals surface area contributed by atoms with Crippen molar-refractivity contribution in [1.82, 2.24) is 5.32 Å². The summed E-state index contributed by atoms with van der Waals surface area (Å²) in [4.78, 5) is 37.3. The van der Waals surface area contributed by atoms with Crippen LogP contribution in [-0.2, 0) is 4.79 Å². The Morgan fingerprint density at radius 3 is 2.00 bits per heavy atom. The molecular weight excluding hydrogens is 418 g/mol. The number of benzene rings is 2. The number of nitrogens with one attached hydrogen (secondary N) is 3. The number of anilines is 2. The first-order chi connectivity index (χ1) is 14.8. The summed E-state index contributed by atoms with van der Waals surface area (Å²) in [5.74, 6) is -1.01. The second-order valence-corrected chi connectivity index (χ2v) is 7.64. The van der Waals surface area contributed by atoms with Crippen molar-refractivity contribution in [2.24, 2.45) is 5.92 Å². The minimum absolute atomic E-state index is 0.136. The van der Waals surface area contributed by atoms with Gasteiger partial charge in [-0.2, -0.15) is 0 Å². The van der Waals surface area contributed by atoms with Gasteiger partial charge in [-0.3, -0.25) is 14.4 Å². The molecule has 0 radical (unpaired) electrons. The van der Waals surface area contributed by atoms with Gasteiger partial charge in [0.25, 0.3) is 11.8 Å². The molecule has 2 aromatic carbocycles. The highest BCUT2D eigenvalue weighted by atomic mass is 35.5. The standard InChI is InChI=1S/C23H22ClN3O4/c1-14(2)20(27-21(28)15-5-7-16(24)8-6-15)23(30)26-18-11-9-17(10-12-18)25-22(29)19-4-3-13-31-19/h3-14,20H,1-2H3,(H,25,29)(H,26,30)(H,27,28)/t20-/m0/s1. The van der Waals surface area contributed by atoms with Crippen LogP contribution >= 0.6 is 11.6 Å². The van der Waals surface area contributed by atoms with Crippen molar-refractivity contribution in [3.8, 4) is 0 Å². The zero-order valence-electron chi connectivity index (χ0n) is 17.0. The van der Waals surface area contributed by atoms with Gasteiger partial charge < -0.3 is 20.4 Å². The summed E-state index contributed by atoms with van der Waals surface area (Å²) in [6.45, 7) is 3.69. The minimum Gasteiger partial charge on any atom is -0.459 e. The number of rotatable bonds is 7. The summed E-state index contributed by atoms with van der Waals surface area (Å²) < 4.78 is 5.05. The van der Waals surface area contributed by atoms with Gasteiger partial charge in [-0.1, -0.05) is 25.4 Å². The molecule has 3 amide bonds. The number of hydrogen-bond donors (Lipinski definition) is 3. The van der Waals surface area contributed by atoms with Crippen molar-refractivity contribution in [2.45, 2.75) is 19.9 Å². The molecule has 1 atom stereocenters. The quantitative estimate of drug-likeness (QED) is 0.501. The zero-order chi connectivity index (χ0) is 22.4. The average molecular weight is 440 g/mol. The van der Waals surface area contributed by atoms with Crippen molar-refractivity contribution in [3.05, 3.63) is 83.3 Å². The number of carbonyl (C=O) groups excluding carboxylic acids is 3. The normalized spacial score (nSPS) is 11.6. The van der Waals surface area contributed by atoms with E-state index in [0.29, 0.717) is 22.0 Å². The molecule has 160 valence electrons. The zero-order valence-corrected chi connectivity index (χ0v) is 17.8. The van der Waals surface area contributed by atoms with Gasteiger partial charge in [-0.25, -0.2) is 0 Å². The van der Waals surface area contributed by atoms with E-state index in [4.69, 9.17) is 16.0 Å². The lowest BCUT2D eigenvalue weighted by atomic mass is 10.0. The van der Waals surface area contributed by atoms with Crippen LogP contribution in [0.5, 0.6) is 0 Å². The lowest BCUT2D eigenvalue weighted by Crippen LogP contribution is -2.47. The van der Waals surface area contributed by atoms with Gasteiger partial charge >= 0.3 is 0 Å². The summed E-state index contributed by atoms with van der Waals surface area (Å²) in [7, 11) is 0. The van der Waals surface area contributed by atoms with Crippen LogP contribution in [0, 0.1) is 5.92 Å². The first kappa shape index (κ1) is 22.1. The minimum atomic E-state index is -0.735. The molecule has 3 rings (SSSR count). The van der Waals surface area contributed by atoms with Crippen LogP contribution in [0.25, 0.3) is 0 Å². The Hall–Kier alpha value is -3.58. The Morgan fingerprint density at radius 2 is 1.45 bits per heavy atom. The molecular formula is C23H22ClN3O4. The summed E-state index contributed by atoms with van der Waals surface area (Å²) in [5, 5.41) is 8.78. The molecule has 7 nitrogen and oxygen atoms in total. The van der Waals surface area contributed by atoms with Gasteiger partial charge in [0.05, 0.1) is 6.26 Å². The van der Waals surface area contributed by atoms with E-state index in [2.05, 4.69) is 16.0 Å². The van der Waals surface area contributed by atoms with Crippen LogP contribution in [0.1, 0.15) is 34.8 Å². The van der Waals surface area contributed by atoms with E-state index < -0.39 is 6.04 Å². The topological polar surface area (TPSA) is 100 Å². The Morgan fingerprint density at radius 1 is 0.839 bits per heavy atom. The van der Waals surface area contributed by atoms with Crippen LogP contribution < -0.4 is 16.0 Å². The molecule has 3 N–H and O–H groups in total. The predicted molar refractivity (Wildman–Crippen MR) is 119 cm³/mol. The Bertz CT molecular complexity index is 1050. The van der Waals surface area contributed by atoms with E-state index in [1.807, 2.05) is 13.8 Å². The summed E-state index contributed by atoms with van der Waals surface area (Å²) in [5.41, 5.74) is 1.50. The summed E-state index contributed by atoms with van der Waals surface area (Å²) in [6.07, 6.45) is 1.42. The maximum atomic E-state index is 12.8. The van der Waals surface area contributed by atoms with Crippen LogP contribution in [0.15, 0.2) is 71.3 Å². The third-order valence-corrected chi connectivity index (χ3v) is 4.75. The first-order valence-corrected chi connectivity index (χ1v) is 10.0. The molecule has 0 spiro atoms. The van der Waals surface area contributed by atoms with E-state index in [0.717, 1.165) is 0 Å². The number of hydrogen-bond acceptors (Lipinski definition) is 4. The van der Waals surface area contributed by atoms with Gasteiger partial charge in [0.15, 0.2) is 5.76 Å². The van der Waals surface area contributed by atoms with E-state index in [1.165, 1.54) is 6.26 Å². The maximum Gasteiger partial charge on any atom is 0.291 e. The monoisotopic (exact) mass is 439 g/mol. The van der Waals surface area contributed by atoms with Crippen molar-refractivity contribution in [2.75, 3.05) is 10.6 Å². The first-order valence-electron chi connectivity index (χ1n) is 9.65. The SMILES string of the molecule is CC(C)[C@H](NC(=O)c1ccc(Cl)cc1)C(=O)Nc1ccc(NC(=O)c2ccco2)cc1. The van der Waals surface area contributed by atoms with E-state index >= 15 is 0 Å². The van der Waals surface area contributed by atoms with Gasteiger partial charge in [0.1, 0.15) is 6.04 Å². The van der Waals surface area contributed by atoms with Gasteiger partial charge in [-0.15, -0.1) is 0 Å². The maximum absolute atomic E-state index is 12.8. The smallest absolute Gasteiger partial charge is 0.291 e. The van der Waals surface area contributed by atoms with Gasteiger partial charge in [0.2, 0.25) is 5.91 Å². The third kappa shape index (κ3) is 5.96. The van der Waals surface area contributed by atoms with Crippen molar-refractivity contribution in [3.63, 3.8) is 0 Å². The highest BCUT2D eigenvalue weighted by Gasteiger charge is 2.25. The number of amides is 3. The van der Waals surface area contributed by atoms with E-state index in [-0.39, 0.29) is 29.4 Å². The molecule has 0 saturated carbocycles. The lowest BCUT2D eigenvalue weighted by Gasteiger charge is -2.22. The molecule has 0 aliphatic carbocycles. The molecule has 8 heteroatoms. The lowest BCUT2D eigenvalue weighted by molar-refractivity contribution is -0.118. The highest BCUT2D eigenvalue weighted by Crippen LogP contribution is 2.16. The molecule has 1 aromatic heterocycles. The number of halogens is 1. The predicted octanol–water partition coefficient (Wildman–Crippen LogP) is 4.58. The fourth-order valence-electron chi connectivity index (χ4n) is 2.82. The van der Waals surface area contributed by atoms with Crippen LogP contribution in [-0.4, -0.2) is 23.8 Å². The second-order valence-electron chi connectivity index (χ2n) is 7.20. The van der Waals surface area contributed by atoms with Crippen molar-refractivity contribution >= 4 is 40.7 Å². The molecule has 0 saturated heterocycles. The van der Waals surface area contributed by atoms with Crippen LogP contribution in [0.2, 0.25) is 5.02 Å². The Labute approximate surface area is 184 Å². The summed E-state index contributed by atoms with van der Waals surface area (Å²) >= 11 is 5.85. The third-order valence-electron chi connectivity index (χ3n) is 4.50. The van der Waals surface area contributed by atoms with E-state index in [1.54, 1.807) is 60.7 Å². The molecule has 0 aliphatic rings. The molecule has 0 aliphatic heterocycles. The summed E-state index contributed by atoms with van der Waals surface area (Å²) in [6, 6.07) is 15.5. The van der Waals surface area contributed by atoms with Crippen molar-refractivity contribution in [1.29, 1.82) is 0 Å². The van der Waals surface area contributed by atoms with Crippen LogP contribution in [0.4, 0.5) is 11.4 Å². The Kier molecular flexibility index (Phi) is 7.10. The molecule has 0 fully saturated rings. The fraction of sp³-hybridized carbons (Fsp3) is 0.174.